The molecule has 14 nitrogen and oxygen atoms in total. The van der Waals surface area contributed by atoms with Crippen molar-refractivity contribution in [1.82, 2.24) is 20.1 Å². The summed E-state index contributed by atoms with van der Waals surface area (Å²) >= 11 is 0. The first-order valence-electron chi connectivity index (χ1n) is 23.2. The molecule has 0 bridgehead atoms. The zero-order valence-corrected chi connectivity index (χ0v) is 41.6. The van der Waals surface area contributed by atoms with Crippen LogP contribution in [0.15, 0.2) is 131 Å². The van der Waals surface area contributed by atoms with E-state index in [1.807, 2.05) is 75.4 Å². The number of ether oxygens (including phenoxy) is 1. The Labute approximate surface area is 407 Å². The molecule has 366 valence electrons. The molecule has 5 aromatic carbocycles. The van der Waals surface area contributed by atoms with Crippen LogP contribution >= 0.6 is 0 Å². The third kappa shape index (κ3) is 14.8. The Morgan fingerprint density at radius 3 is 1.75 bits per heavy atom. The van der Waals surface area contributed by atoms with Crippen molar-refractivity contribution in [2.75, 3.05) is 6.54 Å². The Kier molecular flexibility index (Phi) is 17.6. The van der Waals surface area contributed by atoms with Gasteiger partial charge in [0, 0.05) is 19.4 Å². The number of carbonyl (C=O) groups is 3. The van der Waals surface area contributed by atoms with Crippen LogP contribution in [0.25, 0.3) is 0 Å². The average Bonchev–Trinajstić information content (AvgIpc) is 3.30. The monoisotopic (exact) mass is 976 g/mol. The zero-order chi connectivity index (χ0) is 49.8. The Morgan fingerprint density at radius 1 is 0.667 bits per heavy atom. The van der Waals surface area contributed by atoms with Gasteiger partial charge in [0.15, 0.2) is 5.78 Å². The Hall–Kier alpha value is -6.36. The molecule has 0 spiro atoms. The van der Waals surface area contributed by atoms with Gasteiger partial charge in [-0.15, -0.1) is 0 Å². The molecule has 16 heteroatoms. The van der Waals surface area contributed by atoms with E-state index in [-0.39, 0.29) is 60.2 Å². The molecule has 69 heavy (non-hydrogen) atoms. The molecule has 3 atom stereocenters. The number of amides is 2. The van der Waals surface area contributed by atoms with Crippen LogP contribution in [0, 0.1) is 20.8 Å². The number of unbranched alkanes of at least 4 members (excludes halogenated alkanes) is 1. The molecule has 2 amide bonds. The molecular formula is C53H64N6O8S2. The number of Topliss-reactive ketones (excluding diaryl/α,β-unsaturated/α-hetero) is 1. The molecule has 6 N–H and O–H groups in total. The molecule has 0 aromatic heterocycles. The predicted molar refractivity (Wildman–Crippen MR) is 270 cm³/mol. The Morgan fingerprint density at radius 2 is 1.17 bits per heavy atom. The van der Waals surface area contributed by atoms with Crippen molar-refractivity contribution in [3.8, 4) is 5.75 Å². The summed E-state index contributed by atoms with van der Waals surface area (Å²) in [6.45, 7) is 9.55. The van der Waals surface area contributed by atoms with E-state index in [0.717, 1.165) is 34.4 Å². The highest BCUT2D eigenvalue weighted by Crippen LogP contribution is 2.42. The summed E-state index contributed by atoms with van der Waals surface area (Å²) in [6, 6.07) is 32.3. The maximum absolute atomic E-state index is 14.4. The molecule has 0 saturated heterocycles. The highest BCUT2D eigenvalue weighted by Gasteiger charge is 2.35. The van der Waals surface area contributed by atoms with Gasteiger partial charge in [-0.25, -0.2) is 26.3 Å². The van der Waals surface area contributed by atoms with Gasteiger partial charge < -0.3 is 21.1 Å². The average molecular weight is 977 g/mol. The Balaban J connectivity index is 1.17. The Bertz CT molecular complexity index is 2830. The minimum atomic E-state index is -4.12. The standard InChI is InChI=1S/C53H64N6O8S2/c1-36-37(2)49(38(3)43-29-30-53(4,5)67-48(36)43)69(65,66)59-52(54)55-31-19-18-28-44(47(60)34-41-24-14-8-15-25-41)56-50(61)45(32-39-20-10-6-11-21-39)57-51(62)46(33-40-22-12-7-13-23-40)58-68(63,64)35-42-26-16-9-17-27-42/h6-17,20-27,44-46,58H,18-19,28-35H2,1-5H3,(H,56,61)(H,57,62)(H3,54,55,59)/t44-,45-,46+/m0/s1. The van der Waals surface area contributed by atoms with E-state index in [1.54, 1.807) is 80.6 Å². The fraction of sp³-hybridized carbons (Fsp3) is 0.358. The number of nitrogens with one attached hydrogen (secondary N) is 4. The summed E-state index contributed by atoms with van der Waals surface area (Å²) < 4.78 is 66.0. The van der Waals surface area contributed by atoms with E-state index in [9.17, 15) is 31.2 Å². The number of guanidine groups is 1. The van der Waals surface area contributed by atoms with Gasteiger partial charge in [-0.3, -0.25) is 19.4 Å². The normalized spacial score (nSPS) is 14.9. The lowest BCUT2D eigenvalue weighted by Crippen LogP contribution is -2.57. The van der Waals surface area contributed by atoms with E-state index in [1.165, 1.54) is 0 Å². The first-order valence-corrected chi connectivity index (χ1v) is 26.4. The van der Waals surface area contributed by atoms with Crippen LogP contribution in [0.3, 0.4) is 0 Å². The third-order valence-corrected chi connectivity index (χ3v) is 15.3. The first kappa shape index (κ1) is 52.0. The number of carbonyl (C=O) groups excluding carboxylic acids is 3. The van der Waals surface area contributed by atoms with E-state index in [0.29, 0.717) is 41.5 Å². The van der Waals surface area contributed by atoms with Crippen LogP contribution in [0.1, 0.15) is 84.0 Å². The number of rotatable bonds is 22. The molecule has 0 radical (unpaired) electrons. The van der Waals surface area contributed by atoms with Gasteiger partial charge in [0.1, 0.15) is 23.4 Å². The van der Waals surface area contributed by atoms with Crippen LogP contribution in [0.4, 0.5) is 0 Å². The SMILES string of the molecule is Cc1c(C)c(S(=O)(=O)NC(N)=NCCCC[C@H](NC(=O)[C@H](Cc2ccccc2)NC(=O)[C@@H](Cc2ccccc2)NS(=O)(=O)Cc2ccccc2)C(=O)Cc2ccccc2)c(C)c2c1OC(C)(C)CC2. The van der Waals surface area contributed by atoms with Crippen molar-refractivity contribution < 1.29 is 36.0 Å². The number of hydrogen-bond donors (Lipinski definition) is 5. The van der Waals surface area contributed by atoms with Crippen LogP contribution in [0.2, 0.25) is 0 Å². The molecule has 0 unspecified atom stereocenters. The minimum Gasteiger partial charge on any atom is -0.487 e. The lowest BCUT2D eigenvalue weighted by Gasteiger charge is -2.35. The summed E-state index contributed by atoms with van der Waals surface area (Å²) in [5.41, 5.74) is 11.3. The molecule has 0 aliphatic carbocycles. The predicted octanol–water partition coefficient (Wildman–Crippen LogP) is 6.23. The summed E-state index contributed by atoms with van der Waals surface area (Å²) in [4.78, 5) is 47.2. The third-order valence-electron chi connectivity index (χ3n) is 12.3. The van der Waals surface area contributed by atoms with E-state index in [4.69, 9.17) is 10.5 Å². The van der Waals surface area contributed by atoms with Crippen LogP contribution in [0.5, 0.6) is 5.75 Å². The number of benzene rings is 5. The van der Waals surface area contributed by atoms with Gasteiger partial charge in [-0.2, -0.15) is 0 Å². The smallest absolute Gasteiger partial charge is 0.264 e. The van der Waals surface area contributed by atoms with Crippen molar-refractivity contribution >= 4 is 43.6 Å². The van der Waals surface area contributed by atoms with Gasteiger partial charge in [-0.1, -0.05) is 121 Å². The number of nitrogens with two attached hydrogens (primary N) is 1. The second kappa shape index (κ2) is 23.3. The molecule has 0 saturated carbocycles. The molecule has 6 rings (SSSR count). The minimum absolute atomic E-state index is 0.00796. The van der Waals surface area contributed by atoms with Crippen LogP contribution in [-0.4, -0.2) is 70.7 Å². The summed E-state index contributed by atoms with van der Waals surface area (Å²) in [7, 11) is -8.16. The number of nitrogens with zero attached hydrogens (tertiary/aromatic N) is 1. The van der Waals surface area contributed by atoms with Crippen molar-refractivity contribution in [2.45, 2.75) is 120 Å². The largest absolute Gasteiger partial charge is 0.487 e. The van der Waals surface area contributed by atoms with Crippen molar-refractivity contribution in [1.29, 1.82) is 0 Å². The van der Waals surface area contributed by atoms with E-state index >= 15 is 0 Å². The highest BCUT2D eigenvalue weighted by atomic mass is 32.2. The molecule has 1 aliphatic rings. The van der Waals surface area contributed by atoms with Gasteiger partial charge >= 0.3 is 0 Å². The maximum Gasteiger partial charge on any atom is 0.264 e. The lowest BCUT2D eigenvalue weighted by atomic mass is 9.88. The summed E-state index contributed by atoms with van der Waals surface area (Å²) in [5.74, 6) is -1.51. The number of ketones is 1. The fourth-order valence-corrected chi connectivity index (χ4v) is 11.4. The highest BCUT2D eigenvalue weighted by molar-refractivity contribution is 7.90. The fourth-order valence-electron chi connectivity index (χ4n) is 8.56. The number of aliphatic imine (C=N–C) groups is 1. The second-order valence-corrected chi connectivity index (χ2v) is 21.7. The second-order valence-electron chi connectivity index (χ2n) is 18.3. The molecule has 5 aromatic rings. The van der Waals surface area contributed by atoms with Crippen molar-refractivity contribution in [3.05, 3.63) is 166 Å². The topological polar surface area (TPSA) is 215 Å². The number of sulfonamides is 2. The number of hydrogen-bond acceptors (Lipinski definition) is 9. The van der Waals surface area contributed by atoms with Gasteiger partial charge in [-0.05, 0) is 118 Å². The zero-order valence-electron chi connectivity index (χ0n) is 40.0. The van der Waals surface area contributed by atoms with Crippen LogP contribution in [-0.2, 0) is 65.9 Å². The van der Waals surface area contributed by atoms with E-state index in [2.05, 4.69) is 25.1 Å². The van der Waals surface area contributed by atoms with Gasteiger partial charge in [0.2, 0.25) is 27.8 Å². The first-order chi connectivity index (χ1) is 32.8. The van der Waals surface area contributed by atoms with Crippen molar-refractivity contribution in [3.63, 3.8) is 0 Å². The molecule has 1 aliphatic heterocycles. The number of fused-ring (bicyclic) bond motifs is 1. The van der Waals surface area contributed by atoms with E-state index < -0.39 is 50.0 Å². The maximum atomic E-state index is 14.4. The molecular weight excluding hydrogens is 913 g/mol. The lowest BCUT2D eigenvalue weighted by molar-refractivity contribution is -0.132. The van der Waals surface area contributed by atoms with Crippen LogP contribution < -0.4 is 30.5 Å². The van der Waals surface area contributed by atoms with Crippen molar-refractivity contribution in [2.24, 2.45) is 10.7 Å². The van der Waals surface area contributed by atoms with Gasteiger partial charge in [0.05, 0.1) is 16.7 Å². The summed E-state index contributed by atoms with van der Waals surface area (Å²) in [6.07, 6.45) is 2.49. The quantitative estimate of drug-likeness (QED) is 0.0301. The summed E-state index contributed by atoms with van der Waals surface area (Å²) in [5, 5.41) is 5.75. The molecule has 1 heterocycles. The molecule has 0 fully saturated rings. The van der Waals surface area contributed by atoms with Gasteiger partial charge in [0.25, 0.3) is 10.0 Å².